The van der Waals surface area contributed by atoms with Gasteiger partial charge in [0.25, 0.3) is 5.91 Å². The molecule has 1 aromatic rings. The Kier molecular flexibility index (Phi) is 4.16. The van der Waals surface area contributed by atoms with Crippen LogP contribution >= 0.6 is 0 Å². The second kappa shape index (κ2) is 5.94. The number of likely N-dealkylation sites (tertiary alicyclic amines) is 1. The summed E-state index contributed by atoms with van der Waals surface area (Å²) in [5, 5.41) is 18.6. The van der Waals surface area contributed by atoms with Crippen molar-refractivity contribution in [3.8, 4) is 0 Å². The highest BCUT2D eigenvalue weighted by atomic mass is 16.5. The average Bonchev–Trinajstić information content (AvgIpc) is 3.16. The van der Waals surface area contributed by atoms with Crippen LogP contribution in [-0.2, 0) is 9.53 Å². The summed E-state index contributed by atoms with van der Waals surface area (Å²) in [4.78, 5) is 16.6. The van der Waals surface area contributed by atoms with E-state index in [1.54, 1.807) is 15.8 Å². The quantitative estimate of drug-likeness (QED) is 0.782. The zero-order valence-corrected chi connectivity index (χ0v) is 13.1. The highest BCUT2D eigenvalue weighted by Gasteiger charge is 2.46. The highest BCUT2D eigenvalue weighted by molar-refractivity contribution is 5.85. The van der Waals surface area contributed by atoms with Crippen LogP contribution in [0.3, 0.4) is 0 Å². The van der Waals surface area contributed by atoms with Crippen molar-refractivity contribution >= 4 is 5.91 Å². The van der Waals surface area contributed by atoms with Gasteiger partial charge in [-0.3, -0.25) is 4.79 Å². The second-order valence-electron chi connectivity index (χ2n) is 6.34. The van der Waals surface area contributed by atoms with E-state index in [0.29, 0.717) is 39.1 Å². The molecule has 0 aliphatic carbocycles. The molecule has 2 aliphatic rings. The molecule has 122 valence electrons. The number of carbonyl (C=O) groups excluding carboxylic acids is 1. The van der Waals surface area contributed by atoms with Crippen molar-refractivity contribution in [1.29, 1.82) is 0 Å². The molecule has 2 fully saturated rings. The van der Waals surface area contributed by atoms with Gasteiger partial charge in [-0.15, -0.1) is 5.10 Å². The molecule has 0 saturated carbocycles. The zero-order valence-electron chi connectivity index (χ0n) is 13.1. The number of nitrogens with zero attached hydrogens (tertiary/aromatic N) is 5. The van der Waals surface area contributed by atoms with Gasteiger partial charge in [0, 0.05) is 45.3 Å². The first-order chi connectivity index (χ1) is 10.5. The maximum absolute atomic E-state index is 12.8. The van der Waals surface area contributed by atoms with Crippen molar-refractivity contribution in [2.45, 2.75) is 30.5 Å². The second-order valence-corrected chi connectivity index (χ2v) is 6.34. The lowest BCUT2D eigenvalue weighted by Gasteiger charge is -2.34. The van der Waals surface area contributed by atoms with E-state index in [0.717, 1.165) is 0 Å². The Morgan fingerprint density at radius 3 is 2.68 bits per heavy atom. The van der Waals surface area contributed by atoms with Gasteiger partial charge in [-0.25, -0.2) is 4.68 Å². The van der Waals surface area contributed by atoms with Crippen LogP contribution in [0.15, 0.2) is 12.4 Å². The molecule has 1 amide bonds. The summed E-state index contributed by atoms with van der Waals surface area (Å²) >= 11 is 0. The standard InChI is InChI=1S/C14H23N5O3/c1-17(2)11-9-18(10-12(11)19-6-5-15-16-19)13(20)14(21)3-7-22-8-4-14/h5-6,11-12,21H,3-4,7-10H2,1-2H3/t11-,12+/m1/s1. The smallest absolute Gasteiger partial charge is 0.254 e. The third kappa shape index (κ3) is 2.73. The van der Waals surface area contributed by atoms with Gasteiger partial charge in [0.2, 0.25) is 0 Å². The summed E-state index contributed by atoms with van der Waals surface area (Å²) in [6.45, 7) is 1.98. The number of hydrogen-bond donors (Lipinski definition) is 1. The van der Waals surface area contributed by atoms with Gasteiger partial charge in [-0.05, 0) is 14.1 Å². The van der Waals surface area contributed by atoms with E-state index in [1.165, 1.54) is 0 Å². The summed E-state index contributed by atoms with van der Waals surface area (Å²) in [6, 6.07) is 0.194. The van der Waals surface area contributed by atoms with Crippen LogP contribution < -0.4 is 0 Å². The molecular formula is C14H23N5O3. The SMILES string of the molecule is CN(C)[C@@H]1CN(C(=O)C2(O)CCOCC2)C[C@@H]1n1ccnn1. The first-order valence-corrected chi connectivity index (χ1v) is 7.63. The van der Waals surface area contributed by atoms with E-state index in [2.05, 4.69) is 15.2 Å². The van der Waals surface area contributed by atoms with Crippen LogP contribution in [-0.4, -0.2) is 87.8 Å². The first kappa shape index (κ1) is 15.4. The van der Waals surface area contributed by atoms with Crippen LogP contribution in [0.25, 0.3) is 0 Å². The molecule has 0 radical (unpaired) electrons. The van der Waals surface area contributed by atoms with Crippen molar-refractivity contribution in [2.24, 2.45) is 0 Å². The summed E-state index contributed by atoms with van der Waals surface area (Å²) in [6.07, 6.45) is 4.19. The summed E-state index contributed by atoms with van der Waals surface area (Å²) in [5.41, 5.74) is -1.29. The molecule has 0 unspecified atom stereocenters. The number of ether oxygens (including phenoxy) is 1. The number of aliphatic hydroxyl groups is 1. The molecule has 0 aromatic carbocycles. The minimum Gasteiger partial charge on any atom is -0.381 e. The largest absolute Gasteiger partial charge is 0.381 e. The molecule has 3 heterocycles. The topological polar surface area (TPSA) is 83.7 Å². The van der Waals surface area contributed by atoms with Gasteiger partial charge in [-0.2, -0.15) is 0 Å². The van der Waals surface area contributed by atoms with Crippen molar-refractivity contribution in [1.82, 2.24) is 24.8 Å². The van der Waals surface area contributed by atoms with Gasteiger partial charge < -0.3 is 19.6 Å². The fourth-order valence-corrected chi connectivity index (χ4v) is 3.31. The number of rotatable bonds is 3. The molecule has 2 aliphatic heterocycles. The predicted molar refractivity (Wildman–Crippen MR) is 78.1 cm³/mol. The molecule has 2 atom stereocenters. The summed E-state index contributed by atoms with van der Waals surface area (Å²) in [7, 11) is 3.98. The van der Waals surface area contributed by atoms with Gasteiger partial charge in [0.05, 0.1) is 18.3 Å². The monoisotopic (exact) mass is 309 g/mol. The minimum atomic E-state index is -1.29. The fourth-order valence-electron chi connectivity index (χ4n) is 3.31. The Morgan fingerprint density at radius 1 is 1.36 bits per heavy atom. The van der Waals surface area contributed by atoms with Crippen LogP contribution in [0.4, 0.5) is 0 Å². The Labute approximate surface area is 129 Å². The molecule has 3 rings (SSSR count). The van der Waals surface area contributed by atoms with E-state index in [-0.39, 0.29) is 18.0 Å². The van der Waals surface area contributed by atoms with E-state index in [9.17, 15) is 9.90 Å². The Hall–Kier alpha value is -1.51. The lowest BCUT2D eigenvalue weighted by atomic mass is 9.93. The van der Waals surface area contributed by atoms with Crippen LogP contribution in [0, 0.1) is 0 Å². The highest BCUT2D eigenvalue weighted by Crippen LogP contribution is 2.29. The molecule has 1 N–H and O–H groups in total. The molecular weight excluding hydrogens is 286 g/mol. The van der Waals surface area contributed by atoms with E-state index in [4.69, 9.17) is 4.74 Å². The maximum atomic E-state index is 12.8. The number of hydrogen-bond acceptors (Lipinski definition) is 6. The number of likely N-dealkylation sites (N-methyl/N-ethyl adjacent to an activating group) is 1. The van der Waals surface area contributed by atoms with Gasteiger partial charge >= 0.3 is 0 Å². The Bertz CT molecular complexity index is 513. The molecule has 0 spiro atoms. The van der Waals surface area contributed by atoms with Crippen molar-refractivity contribution in [3.63, 3.8) is 0 Å². The molecule has 8 nitrogen and oxygen atoms in total. The minimum absolute atomic E-state index is 0.0462. The Balaban J connectivity index is 1.77. The van der Waals surface area contributed by atoms with E-state index in [1.807, 2.05) is 20.3 Å². The van der Waals surface area contributed by atoms with Gasteiger partial charge in [0.1, 0.15) is 5.60 Å². The van der Waals surface area contributed by atoms with Crippen LogP contribution in [0.5, 0.6) is 0 Å². The van der Waals surface area contributed by atoms with E-state index < -0.39 is 5.60 Å². The van der Waals surface area contributed by atoms with Crippen LogP contribution in [0.1, 0.15) is 18.9 Å². The van der Waals surface area contributed by atoms with Crippen molar-refractivity contribution in [3.05, 3.63) is 12.4 Å². The molecule has 1 aromatic heterocycles. The Morgan fingerprint density at radius 2 is 2.09 bits per heavy atom. The molecule has 22 heavy (non-hydrogen) atoms. The summed E-state index contributed by atoms with van der Waals surface area (Å²) < 4.78 is 7.05. The molecule has 2 saturated heterocycles. The maximum Gasteiger partial charge on any atom is 0.254 e. The number of carbonyl (C=O) groups is 1. The number of aromatic nitrogens is 3. The van der Waals surface area contributed by atoms with E-state index >= 15 is 0 Å². The number of amides is 1. The van der Waals surface area contributed by atoms with Crippen molar-refractivity contribution in [2.75, 3.05) is 40.4 Å². The average molecular weight is 309 g/mol. The van der Waals surface area contributed by atoms with Gasteiger partial charge in [0.15, 0.2) is 0 Å². The molecule has 8 heteroatoms. The first-order valence-electron chi connectivity index (χ1n) is 7.63. The van der Waals surface area contributed by atoms with Crippen LogP contribution in [0.2, 0.25) is 0 Å². The predicted octanol–water partition coefficient (Wildman–Crippen LogP) is -0.867. The normalized spacial score (nSPS) is 28.3. The lowest BCUT2D eigenvalue weighted by molar-refractivity contribution is -0.160. The third-order valence-corrected chi connectivity index (χ3v) is 4.71. The van der Waals surface area contributed by atoms with Gasteiger partial charge in [-0.1, -0.05) is 5.21 Å². The summed E-state index contributed by atoms with van der Waals surface area (Å²) in [5.74, 6) is -0.190. The third-order valence-electron chi connectivity index (χ3n) is 4.71. The fraction of sp³-hybridized carbons (Fsp3) is 0.786. The van der Waals surface area contributed by atoms with Crippen molar-refractivity contribution < 1.29 is 14.6 Å². The zero-order chi connectivity index (χ0) is 15.7. The molecule has 0 bridgehead atoms. The lowest BCUT2D eigenvalue weighted by Crippen LogP contribution is -2.51.